The third kappa shape index (κ3) is 4.90. The Morgan fingerprint density at radius 3 is 2.52 bits per heavy atom. The van der Waals surface area contributed by atoms with Gasteiger partial charge >= 0.3 is 0 Å². The number of nitrogens with zero attached hydrogens (tertiary/aromatic N) is 5. The summed E-state index contributed by atoms with van der Waals surface area (Å²) in [6.45, 7) is 6.39. The highest BCUT2D eigenvalue weighted by Crippen LogP contribution is 2.38. The molecule has 0 bridgehead atoms. The Balaban J connectivity index is 1.57. The summed E-state index contributed by atoms with van der Waals surface area (Å²) in [6.07, 6.45) is 6.84. The van der Waals surface area contributed by atoms with Crippen LogP contribution in [0.1, 0.15) is 50.8 Å². The predicted molar refractivity (Wildman–Crippen MR) is 125 cm³/mol. The molecule has 2 saturated heterocycles. The van der Waals surface area contributed by atoms with Gasteiger partial charge in [0.25, 0.3) is 0 Å². The highest BCUT2D eigenvalue weighted by atomic mass is 16.2. The van der Waals surface area contributed by atoms with Crippen molar-refractivity contribution in [1.82, 2.24) is 19.8 Å². The summed E-state index contributed by atoms with van der Waals surface area (Å²) in [7, 11) is 3.92. The van der Waals surface area contributed by atoms with Gasteiger partial charge in [0, 0.05) is 38.8 Å². The highest BCUT2D eigenvalue weighted by molar-refractivity contribution is 5.78. The van der Waals surface area contributed by atoms with Crippen LogP contribution in [0.4, 0.5) is 5.95 Å². The van der Waals surface area contributed by atoms with Crippen LogP contribution in [-0.4, -0.2) is 65.9 Å². The molecule has 0 aliphatic carbocycles. The fourth-order valence-electron chi connectivity index (χ4n) is 4.92. The van der Waals surface area contributed by atoms with Gasteiger partial charge in [0.05, 0.1) is 11.7 Å². The second kappa shape index (κ2) is 9.77. The Morgan fingerprint density at radius 1 is 1.10 bits per heavy atom. The number of anilines is 1. The van der Waals surface area contributed by atoms with Gasteiger partial charge in [0.15, 0.2) is 0 Å². The molecular formula is C25H35N5O. The lowest BCUT2D eigenvalue weighted by atomic mass is 9.92. The quantitative estimate of drug-likeness (QED) is 0.706. The molecular weight excluding hydrogens is 386 g/mol. The summed E-state index contributed by atoms with van der Waals surface area (Å²) in [5.74, 6) is 1.50. The molecule has 2 aliphatic rings. The van der Waals surface area contributed by atoms with Gasteiger partial charge in [-0.3, -0.25) is 4.79 Å². The summed E-state index contributed by atoms with van der Waals surface area (Å²) in [6, 6.07) is 10.3. The van der Waals surface area contributed by atoms with Gasteiger partial charge in [-0.25, -0.2) is 9.97 Å². The summed E-state index contributed by atoms with van der Waals surface area (Å²) in [4.78, 5) is 29.4. The van der Waals surface area contributed by atoms with Crippen LogP contribution in [0.25, 0.3) is 11.1 Å². The number of rotatable bonds is 6. The van der Waals surface area contributed by atoms with Crippen LogP contribution in [-0.2, 0) is 4.79 Å². The van der Waals surface area contributed by atoms with E-state index in [9.17, 15) is 4.79 Å². The first-order chi connectivity index (χ1) is 15.1. The average Bonchev–Trinajstić information content (AvgIpc) is 3.30. The van der Waals surface area contributed by atoms with E-state index in [2.05, 4.69) is 33.8 Å². The van der Waals surface area contributed by atoms with E-state index in [1.54, 1.807) is 0 Å². The number of benzene rings is 1. The minimum absolute atomic E-state index is 0.0279. The average molecular weight is 422 g/mol. The highest BCUT2D eigenvalue weighted by Gasteiger charge is 2.34. The van der Waals surface area contributed by atoms with Crippen molar-refractivity contribution in [3.63, 3.8) is 0 Å². The van der Waals surface area contributed by atoms with Crippen molar-refractivity contribution < 1.29 is 4.79 Å². The number of hydrogen-bond acceptors (Lipinski definition) is 5. The Bertz CT molecular complexity index is 877. The number of aromatic nitrogens is 2. The third-order valence-corrected chi connectivity index (χ3v) is 6.80. The standard InChI is InChI=1S/C25H35N5O/c1-4-29-15-12-19(13-16-29)17-23(31)30-14-8-11-22(30)24-21(20-9-6-5-7-10-20)18-26-25(27-24)28(2)3/h5-7,9-10,18-19,22H,4,8,11-17H2,1-3H3/t22-/m0/s1. The van der Waals surface area contributed by atoms with Crippen molar-refractivity contribution in [3.05, 3.63) is 42.2 Å². The molecule has 31 heavy (non-hydrogen) atoms. The van der Waals surface area contributed by atoms with E-state index in [-0.39, 0.29) is 6.04 Å². The summed E-state index contributed by atoms with van der Waals surface area (Å²) in [5.41, 5.74) is 3.12. The van der Waals surface area contributed by atoms with Crippen molar-refractivity contribution in [2.75, 3.05) is 45.2 Å². The number of piperidine rings is 1. The first-order valence-corrected chi connectivity index (χ1v) is 11.7. The second-order valence-electron chi connectivity index (χ2n) is 9.06. The summed E-state index contributed by atoms with van der Waals surface area (Å²) in [5, 5.41) is 0. The molecule has 2 aromatic rings. The molecule has 0 radical (unpaired) electrons. The van der Waals surface area contributed by atoms with E-state index in [0.717, 1.165) is 68.7 Å². The monoisotopic (exact) mass is 421 g/mol. The van der Waals surface area contributed by atoms with Crippen LogP contribution in [0.15, 0.2) is 36.5 Å². The number of amides is 1. The third-order valence-electron chi connectivity index (χ3n) is 6.80. The Labute approximate surface area is 186 Å². The van der Waals surface area contributed by atoms with Gasteiger partial charge in [0.1, 0.15) is 0 Å². The lowest BCUT2D eigenvalue weighted by Crippen LogP contribution is -2.37. The zero-order valence-corrected chi connectivity index (χ0v) is 19.1. The Kier molecular flexibility index (Phi) is 6.86. The van der Waals surface area contributed by atoms with Gasteiger partial charge in [-0.2, -0.15) is 0 Å². The number of carbonyl (C=O) groups excluding carboxylic acids is 1. The molecule has 1 atom stereocenters. The molecule has 2 aliphatic heterocycles. The SMILES string of the molecule is CCN1CCC(CC(=O)N2CCC[C@H]2c2nc(N(C)C)ncc2-c2ccccc2)CC1. The van der Waals surface area contributed by atoms with Crippen LogP contribution in [0.2, 0.25) is 0 Å². The maximum atomic E-state index is 13.4. The fraction of sp³-hybridized carbons (Fsp3) is 0.560. The maximum Gasteiger partial charge on any atom is 0.225 e. The topological polar surface area (TPSA) is 52.6 Å². The van der Waals surface area contributed by atoms with E-state index in [4.69, 9.17) is 4.98 Å². The minimum atomic E-state index is 0.0279. The lowest BCUT2D eigenvalue weighted by Gasteiger charge is -2.33. The van der Waals surface area contributed by atoms with E-state index in [1.165, 1.54) is 0 Å². The van der Waals surface area contributed by atoms with Crippen LogP contribution < -0.4 is 4.90 Å². The smallest absolute Gasteiger partial charge is 0.225 e. The predicted octanol–water partition coefficient (Wildman–Crippen LogP) is 4.00. The van der Waals surface area contributed by atoms with Crippen LogP contribution >= 0.6 is 0 Å². The molecule has 166 valence electrons. The van der Waals surface area contributed by atoms with Crippen molar-refractivity contribution in [1.29, 1.82) is 0 Å². The number of hydrogen-bond donors (Lipinski definition) is 0. The molecule has 1 aromatic heterocycles. The normalized spacial score (nSPS) is 20.2. The summed E-state index contributed by atoms with van der Waals surface area (Å²) < 4.78 is 0. The zero-order valence-electron chi connectivity index (χ0n) is 19.1. The van der Waals surface area contributed by atoms with Gasteiger partial charge in [-0.1, -0.05) is 37.3 Å². The zero-order chi connectivity index (χ0) is 21.8. The molecule has 4 rings (SSSR count). The van der Waals surface area contributed by atoms with Crippen LogP contribution in [0.3, 0.4) is 0 Å². The molecule has 0 saturated carbocycles. The largest absolute Gasteiger partial charge is 0.347 e. The van der Waals surface area contributed by atoms with Crippen molar-refractivity contribution in [3.8, 4) is 11.1 Å². The number of carbonyl (C=O) groups is 1. The Hall–Kier alpha value is -2.47. The van der Waals surface area contributed by atoms with E-state index in [1.807, 2.05) is 43.4 Å². The molecule has 6 nitrogen and oxygen atoms in total. The molecule has 6 heteroatoms. The molecule has 3 heterocycles. The second-order valence-corrected chi connectivity index (χ2v) is 9.06. The van der Waals surface area contributed by atoms with Crippen molar-refractivity contribution in [2.45, 2.75) is 45.1 Å². The van der Waals surface area contributed by atoms with E-state index in [0.29, 0.717) is 24.2 Å². The number of likely N-dealkylation sites (tertiary alicyclic amines) is 2. The molecule has 1 aromatic carbocycles. The first kappa shape index (κ1) is 21.8. The van der Waals surface area contributed by atoms with Gasteiger partial charge in [0.2, 0.25) is 11.9 Å². The molecule has 1 amide bonds. The summed E-state index contributed by atoms with van der Waals surface area (Å²) >= 11 is 0. The van der Waals surface area contributed by atoms with Gasteiger partial charge in [-0.15, -0.1) is 0 Å². The molecule has 0 unspecified atom stereocenters. The fourth-order valence-corrected chi connectivity index (χ4v) is 4.92. The van der Waals surface area contributed by atoms with Crippen molar-refractivity contribution in [2.24, 2.45) is 5.92 Å². The molecule has 0 spiro atoms. The van der Waals surface area contributed by atoms with E-state index < -0.39 is 0 Å². The van der Waals surface area contributed by atoms with E-state index >= 15 is 0 Å². The van der Waals surface area contributed by atoms with Crippen molar-refractivity contribution >= 4 is 11.9 Å². The van der Waals surface area contributed by atoms with Gasteiger partial charge in [-0.05, 0) is 56.8 Å². The lowest BCUT2D eigenvalue weighted by molar-refractivity contribution is -0.133. The molecule has 2 fully saturated rings. The maximum absolute atomic E-state index is 13.4. The first-order valence-electron chi connectivity index (χ1n) is 11.7. The van der Waals surface area contributed by atoms with Crippen LogP contribution in [0, 0.1) is 5.92 Å². The molecule has 0 N–H and O–H groups in total. The minimum Gasteiger partial charge on any atom is -0.347 e. The van der Waals surface area contributed by atoms with Gasteiger partial charge < -0.3 is 14.7 Å². The van der Waals surface area contributed by atoms with Crippen LogP contribution in [0.5, 0.6) is 0 Å². The Morgan fingerprint density at radius 2 is 1.84 bits per heavy atom.